The summed E-state index contributed by atoms with van der Waals surface area (Å²) in [7, 11) is 0. The second-order valence-corrected chi connectivity index (χ2v) is 6.51. The standard InChI is InChI=1S/C16H27NO4/c1-8-10-17(14(18)21-15(3,4)5)12(9-2)13-11-19-16(6,7)20-13/h8-9,12-13H,1-2,10-11H2,3-7H3/t12-,13-/m1/s1. The molecule has 1 saturated heterocycles. The van der Waals surface area contributed by atoms with E-state index >= 15 is 0 Å². The molecule has 0 radical (unpaired) electrons. The van der Waals surface area contributed by atoms with Gasteiger partial charge < -0.3 is 14.2 Å². The van der Waals surface area contributed by atoms with Gasteiger partial charge in [0.25, 0.3) is 0 Å². The zero-order valence-corrected chi connectivity index (χ0v) is 13.7. The average molecular weight is 297 g/mol. The monoisotopic (exact) mass is 297 g/mol. The summed E-state index contributed by atoms with van der Waals surface area (Å²) in [5.41, 5.74) is -0.561. The lowest BCUT2D eigenvalue weighted by molar-refractivity contribution is -0.143. The second-order valence-electron chi connectivity index (χ2n) is 6.51. The van der Waals surface area contributed by atoms with Crippen LogP contribution in [0.1, 0.15) is 34.6 Å². The molecule has 21 heavy (non-hydrogen) atoms. The number of hydrogen-bond acceptors (Lipinski definition) is 4. The average Bonchev–Trinajstić information content (AvgIpc) is 2.67. The van der Waals surface area contributed by atoms with E-state index in [0.29, 0.717) is 13.2 Å². The van der Waals surface area contributed by atoms with Crippen LogP contribution in [0, 0.1) is 0 Å². The Morgan fingerprint density at radius 1 is 1.48 bits per heavy atom. The number of amides is 1. The predicted molar refractivity (Wildman–Crippen MR) is 82.0 cm³/mol. The minimum Gasteiger partial charge on any atom is -0.444 e. The Bertz CT molecular complexity index is 398. The molecule has 0 saturated carbocycles. The summed E-state index contributed by atoms with van der Waals surface area (Å²) in [5.74, 6) is -0.653. The molecule has 5 heteroatoms. The van der Waals surface area contributed by atoms with Gasteiger partial charge in [0, 0.05) is 6.54 Å². The topological polar surface area (TPSA) is 48.0 Å². The normalized spacial score (nSPS) is 22.4. The van der Waals surface area contributed by atoms with Gasteiger partial charge in [0.15, 0.2) is 5.79 Å². The molecular weight excluding hydrogens is 270 g/mol. The van der Waals surface area contributed by atoms with E-state index in [9.17, 15) is 4.79 Å². The van der Waals surface area contributed by atoms with Crippen molar-refractivity contribution in [2.45, 2.75) is 58.2 Å². The van der Waals surface area contributed by atoms with Gasteiger partial charge in [0.05, 0.1) is 12.6 Å². The summed E-state index contributed by atoms with van der Waals surface area (Å²) in [6, 6.07) is -0.334. The molecule has 0 aliphatic carbocycles. The Kier molecular flexibility index (Phi) is 5.59. The van der Waals surface area contributed by atoms with Crippen LogP contribution in [0.4, 0.5) is 4.79 Å². The maximum absolute atomic E-state index is 12.4. The van der Waals surface area contributed by atoms with E-state index in [-0.39, 0.29) is 12.1 Å². The number of carbonyl (C=O) groups excluding carboxylic acids is 1. The number of ether oxygens (including phenoxy) is 3. The van der Waals surface area contributed by atoms with Gasteiger partial charge in [-0.25, -0.2) is 4.79 Å². The SMILES string of the molecule is C=CCN(C(=O)OC(C)(C)C)[C@H](C=C)[C@H]1COC(C)(C)O1. The molecule has 1 aliphatic rings. The van der Waals surface area contributed by atoms with Gasteiger partial charge in [-0.05, 0) is 34.6 Å². The first-order chi connectivity index (χ1) is 9.59. The highest BCUT2D eigenvalue weighted by atomic mass is 16.7. The Balaban J connectivity index is 2.88. The molecule has 5 nitrogen and oxygen atoms in total. The van der Waals surface area contributed by atoms with Crippen molar-refractivity contribution >= 4 is 6.09 Å². The summed E-state index contributed by atoms with van der Waals surface area (Å²) >= 11 is 0. The number of rotatable bonds is 5. The van der Waals surface area contributed by atoms with Gasteiger partial charge in [-0.1, -0.05) is 12.2 Å². The lowest BCUT2D eigenvalue weighted by atomic mass is 10.1. The summed E-state index contributed by atoms with van der Waals surface area (Å²) in [4.78, 5) is 13.9. The van der Waals surface area contributed by atoms with Crippen molar-refractivity contribution in [1.82, 2.24) is 4.90 Å². The fourth-order valence-electron chi connectivity index (χ4n) is 2.14. The summed E-state index contributed by atoms with van der Waals surface area (Å²) in [6.45, 7) is 17.5. The fraction of sp³-hybridized carbons (Fsp3) is 0.688. The van der Waals surface area contributed by atoms with Gasteiger partial charge in [-0.15, -0.1) is 13.2 Å². The molecule has 2 atom stereocenters. The highest BCUT2D eigenvalue weighted by molar-refractivity contribution is 5.69. The zero-order valence-electron chi connectivity index (χ0n) is 13.7. The Hall–Kier alpha value is -1.33. The highest BCUT2D eigenvalue weighted by Gasteiger charge is 2.40. The molecule has 0 aromatic carbocycles. The molecular formula is C16H27NO4. The van der Waals surface area contributed by atoms with Crippen molar-refractivity contribution in [3.05, 3.63) is 25.3 Å². The van der Waals surface area contributed by atoms with Crippen molar-refractivity contribution in [1.29, 1.82) is 0 Å². The third-order valence-corrected chi connectivity index (χ3v) is 2.97. The molecule has 1 heterocycles. The van der Waals surface area contributed by atoms with Gasteiger partial charge in [-0.2, -0.15) is 0 Å². The fourth-order valence-corrected chi connectivity index (χ4v) is 2.14. The lowest BCUT2D eigenvalue weighted by Crippen LogP contribution is -2.49. The van der Waals surface area contributed by atoms with E-state index in [1.54, 1.807) is 17.1 Å². The van der Waals surface area contributed by atoms with Crippen molar-refractivity contribution in [2.75, 3.05) is 13.2 Å². The molecule has 0 unspecified atom stereocenters. The van der Waals surface area contributed by atoms with Gasteiger partial charge in [-0.3, -0.25) is 4.90 Å². The molecule has 0 bridgehead atoms. The maximum Gasteiger partial charge on any atom is 0.411 e. The largest absolute Gasteiger partial charge is 0.444 e. The highest BCUT2D eigenvalue weighted by Crippen LogP contribution is 2.27. The van der Waals surface area contributed by atoms with E-state index in [0.717, 1.165) is 0 Å². The lowest BCUT2D eigenvalue weighted by Gasteiger charge is -2.34. The van der Waals surface area contributed by atoms with Crippen LogP contribution >= 0.6 is 0 Å². The molecule has 1 fully saturated rings. The summed E-state index contributed by atoms with van der Waals surface area (Å²) in [5, 5.41) is 0. The van der Waals surface area contributed by atoms with Gasteiger partial charge in [0.2, 0.25) is 0 Å². The van der Waals surface area contributed by atoms with E-state index in [2.05, 4.69) is 13.2 Å². The smallest absolute Gasteiger partial charge is 0.411 e. The summed E-state index contributed by atoms with van der Waals surface area (Å²) in [6.07, 6.45) is 2.65. The maximum atomic E-state index is 12.4. The third-order valence-electron chi connectivity index (χ3n) is 2.97. The van der Waals surface area contributed by atoms with E-state index in [1.165, 1.54) is 0 Å². The number of carbonyl (C=O) groups is 1. The molecule has 0 N–H and O–H groups in total. The van der Waals surface area contributed by atoms with Crippen LogP contribution in [0.25, 0.3) is 0 Å². The quantitative estimate of drug-likeness (QED) is 0.732. The van der Waals surface area contributed by atoms with E-state index in [1.807, 2.05) is 34.6 Å². The molecule has 1 rings (SSSR count). The third kappa shape index (κ3) is 5.17. The van der Waals surface area contributed by atoms with Crippen LogP contribution in [0.5, 0.6) is 0 Å². The van der Waals surface area contributed by atoms with Crippen LogP contribution < -0.4 is 0 Å². The first-order valence-corrected chi connectivity index (χ1v) is 7.14. The van der Waals surface area contributed by atoms with E-state index < -0.39 is 17.5 Å². The van der Waals surface area contributed by atoms with Crippen LogP contribution in [0.15, 0.2) is 25.3 Å². The number of hydrogen-bond donors (Lipinski definition) is 0. The minimum absolute atomic E-state index is 0.273. The van der Waals surface area contributed by atoms with E-state index in [4.69, 9.17) is 14.2 Å². The Labute approximate surface area is 127 Å². The second kappa shape index (κ2) is 6.62. The predicted octanol–water partition coefficient (Wildman–Crippen LogP) is 3.12. The van der Waals surface area contributed by atoms with Crippen molar-refractivity contribution in [2.24, 2.45) is 0 Å². The minimum atomic E-state index is -0.653. The Morgan fingerprint density at radius 3 is 2.48 bits per heavy atom. The van der Waals surface area contributed by atoms with Gasteiger partial charge >= 0.3 is 6.09 Å². The molecule has 1 aliphatic heterocycles. The first kappa shape index (κ1) is 17.7. The van der Waals surface area contributed by atoms with Crippen molar-refractivity contribution < 1.29 is 19.0 Å². The first-order valence-electron chi connectivity index (χ1n) is 7.14. The van der Waals surface area contributed by atoms with Crippen LogP contribution in [-0.4, -0.2) is 47.7 Å². The van der Waals surface area contributed by atoms with Crippen molar-refractivity contribution in [3.63, 3.8) is 0 Å². The molecule has 1 amide bonds. The van der Waals surface area contributed by atoms with Crippen LogP contribution in [-0.2, 0) is 14.2 Å². The molecule has 0 aromatic heterocycles. The molecule has 0 spiro atoms. The Morgan fingerprint density at radius 2 is 2.10 bits per heavy atom. The zero-order chi connectivity index (χ0) is 16.3. The molecule has 120 valence electrons. The molecule has 0 aromatic rings. The van der Waals surface area contributed by atoms with Crippen LogP contribution in [0.3, 0.4) is 0 Å². The van der Waals surface area contributed by atoms with Crippen molar-refractivity contribution in [3.8, 4) is 0 Å². The number of nitrogens with zero attached hydrogens (tertiary/aromatic N) is 1. The van der Waals surface area contributed by atoms with Gasteiger partial charge in [0.1, 0.15) is 11.7 Å². The summed E-state index contributed by atoms with van der Waals surface area (Å²) < 4.78 is 16.8. The van der Waals surface area contributed by atoms with Crippen LogP contribution in [0.2, 0.25) is 0 Å².